The molecule has 4 aromatic rings. The summed E-state index contributed by atoms with van der Waals surface area (Å²) in [7, 11) is 0. The van der Waals surface area contributed by atoms with Crippen molar-refractivity contribution in [3.63, 3.8) is 0 Å². The minimum Gasteiger partial charge on any atom is -0.343 e. The molecule has 4 aromatic heterocycles. The van der Waals surface area contributed by atoms with Gasteiger partial charge in [0.2, 0.25) is 0 Å². The van der Waals surface area contributed by atoms with E-state index in [0.29, 0.717) is 0 Å². The molecule has 0 radical (unpaired) electrons. The van der Waals surface area contributed by atoms with Gasteiger partial charge < -0.3 is 9.36 Å². The summed E-state index contributed by atoms with van der Waals surface area (Å²) in [6, 6.07) is 12.1. The van der Waals surface area contributed by atoms with Crippen LogP contribution in [0.25, 0.3) is 11.6 Å². The average Bonchev–Trinajstić information content (AvgIpc) is 3.37. The molecular formula is C27H30N6Pt. The first-order valence-electron chi connectivity index (χ1n) is 11.4. The van der Waals surface area contributed by atoms with Gasteiger partial charge in [-0.2, -0.15) is 0 Å². The molecule has 5 rings (SSSR count). The van der Waals surface area contributed by atoms with Crippen molar-refractivity contribution < 1.29 is 21.1 Å². The fourth-order valence-corrected chi connectivity index (χ4v) is 4.76. The summed E-state index contributed by atoms with van der Waals surface area (Å²) in [5, 5.41) is 9.64. The predicted molar refractivity (Wildman–Crippen MR) is 128 cm³/mol. The molecule has 0 unspecified atom stereocenters. The van der Waals surface area contributed by atoms with E-state index in [9.17, 15) is 0 Å². The van der Waals surface area contributed by atoms with E-state index < -0.39 is 5.41 Å². The summed E-state index contributed by atoms with van der Waals surface area (Å²) >= 11 is 0. The SMILES string of the molecule is Cc1nn2[c-]c1C(C)(C)C(C)(C)c1[c-]n(nc1C)-c1cccc(n1)C(C)(C)c1cccc-2n1.[Pt+2]. The molecule has 0 fully saturated rings. The number of fused-ring (bicyclic) bond motifs is 10. The molecule has 178 valence electrons. The van der Waals surface area contributed by atoms with Gasteiger partial charge >= 0.3 is 21.1 Å². The average molecular weight is 634 g/mol. The largest absolute Gasteiger partial charge is 2.00 e. The van der Waals surface area contributed by atoms with Crippen LogP contribution in [-0.2, 0) is 37.3 Å². The van der Waals surface area contributed by atoms with Crippen molar-refractivity contribution in [2.45, 2.75) is 71.6 Å². The summed E-state index contributed by atoms with van der Waals surface area (Å²) in [6.45, 7) is 17.3. The van der Waals surface area contributed by atoms with Crippen molar-refractivity contribution in [2.75, 3.05) is 0 Å². The molecule has 34 heavy (non-hydrogen) atoms. The Morgan fingerprint density at radius 2 is 1.03 bits per heavy atom. The maximum absolute atomic E-state index is 4.99. The summed E-state index contributed by atoms with van der Waals surface area (Å²) < 4.78 is 3.57. The maximum Gasteiger partial charge on any atom is 2.00 e. The number of aromatic nitrogens is 6. The van der Waals surface area contributed by atoms with Gasteiger partial charge in [0.25, 0.3) is 0 Å². The summed E-state index contributed by atoms with van der Waals surface area (Å²) in [6.07, 6.45) is 7.09. The standard InChI is InChI=1S/C27H30N6.Pt/c1-17-19-15-32(30-17)23-13-9-11-21(28-23)25(3,4)22-12-10-14-24(29-22)33-16-20(18(2)31-33)27(7,8)26(19,5)6;/h9-14H,1-8H3;/q-2;+2. The molecule has 1 aliphatic rings. The third kappa shape index (κ3) is 3.49. The first kappa shape index (κ1) is 24.5. The third-order valence-electron chi connectivity index (χ3n) is 7.66. The van der Waals surface area contributed by atoms with Gasteiger partial charge in [-0.25, -0.2) is 0 Å². The summed E-state index contributed by atoms with van der Waals surface area (Å²) in [5.41, 5.74) is 4.86. The van der Waals surface area contributed by atoms with E-state index in [4.69, 9.17) is 20.2 Å². The second-order valence-corrected chi connectivity index (χ2v) is 10.6. The van der Waals surface area contributed by atoms with Crippen LogP contribution in [0.4, 0.5) is 0 Å². The van der Waals surface area contributed by atoms with Gasteiger partial charge in [0.15, 0.2) is 0 Å². The van der Waals surface area contributed by atoms with Crippen LogP contribution in [0.2, 0.25) is 0 Å². The van der Waals surface area contributed by atoms with Crippen LogP contribution in [0.5, 0.6) is 0 Å². The zero-order valence-electron chi connectivity index (χ0n) is 21.0. The maximum atomic E-state index is 4.99. The minimum absolute atomic E-state index is 0. The molecule has 0 aliphatic carbocycles. The van der Waals surface area contributed by atoms with Crippen molar-refractivity contribution in [1.29, 1.82) is 0 Å². The zero-order valence-corrected chi connectivity index (χ0v) is 23.2. The number of hydrogen-bond donors (Lipinski definition) is 0. The fourth-order valence-electron chi connectivity index (χ4n) is 4.76. The van der Waals surface area contributed by atoms with E-state index in [1.807, 2.05) is 50.2 Å². The molecule has 7 heteroatoms. The molecule has 0 aromatic carbocycles. The van der Waals surface area contributed by atoms with Gasteiger partial charge in [0.1, 0.15) is 0 Å². The number of aryl methyl sites for hydroxylation is 2. The van der Waals surface area contributed by atoms with Gasteiger partial charge in [0, 0.05) is 16.8 Å². The van der Waals surface area contributed by atoms with E-state index in [1.165, 1.54) is 0 Å². The van der Waals surface area contributed by atoms with Crippen LogP contribution in [0.15, 0.2) is 36.4 Å². The Bertz CT molecular complexity index is 1270. The van der Waals surface area contributed by atoms with E-state index >= 15 is 0 Å². The number of nitrogens with zero attached hydrogens (tertiary/aromatic N) is 6. The van der Waals surface area contributed by atoms with Gasteiger partial charge in [-0.15, -0.1) is 11.1 Å². The number of pyridine rings is 2. The molecule has 0 amide bonds. The first-order valence-corrected chi connectivity index (χ1v) is 11.4. The van der Waals surface area contributed by atoms with Crippen molar-refractivity contribution in [1.82, 2.24) is 29.5 Å². The Balaban J connectivity index is 0.00000274. The smallest absolute Gasteiger partial charge is 0.343 e. The van der Waals surface area contributed by atoms with Gasteiger partial charge in [-0.1, -0.05) is 78.2 Å². The predicted octanol–water partition coefficient (Wildman–Crippen LogP) is 4.96. The fraction of sp³-hybridized carbons (Fsp3) is 0.407. The minimum atomic E-state index is -0.416. The van der Waals surface area contributed by atoms with Crippen molar-refractivity contribution >= 4 is 0 Å². The quantitative estimate of drug-likeness (QED) is 0.257. The Hall–Kier alpha value is -2.59. The molecule has 8 bridgehead atoms. The molecule has 0 saturated heterocycles. The normalized spacial score (nSPS) is 17.3. The van der Waals surface area contributed by atoms with Crippen LogP contribution in [0.3, 0.4) is 0 Å². The van der Waals surface area contributed by atoms with Crippen LogP contribution in [0.1, 0.15) is 75.4 Å². The Morgan fingerprint density at radius 3 is 1.41 bits per heavy atom. The van der Waals surface area contributed by atoms with E-state index in [0.717, 1.165) is 45.5 Å². The summed E-state index contributed by atoms with van der Waals surface area (Å²) in [5.74, 6) is 1.51. The topological polar surface area (TPSA) is 61.4 Å². The van der Waals surface area contributed by atoms with Crippen molar-refractivity contribution in [2.24, 2.45) is 0 Å². The van der Waals surface area contributed by atoms with E-state index in [1.54, 1.807) is 9.36 Å². The van der Waals surface area contributed by atoms with Crippen molar-refractivity contribution in [3.05, 3.63) is 82.7 Å². The Morgan fingerprint density at radius 1 is 0.647 bits per heavy atom. The van der Waals surface area contributed by atoms with Gasteiger partial charge in [-0.05, 0) is 48.2 Å². The molecule has 6 nitrogen and oxygen atoms in total. The molecule has 0 N–H and O–H groups in total. The van der Waals surface area contributed by atoms with Gasteiger partial charge in [0.05, 0.1) is 11.6 Å². The Kier molecular flexibility index (Phi) is 5.76. The van der Waals surface area contributed by atoms with E-state index in [2.05, 4.69) is 53.9 Å². The molecular weight excluding hydrogens is 603 g/mol. The third-order valence-corrected chi connectivity index (χ3v) is 7.66. The second kappa shape index (κ2) is 7.98. The summed E-state index contributed by atoms with van der Waals surface area (Å²) in [4.78, 5) is 9.98. The van der Waals surface area contributed by atoms with E-state index in [-0.39, 0.29) is 31.9 Å². The molecule has 0 spiro atoms. The van der Waals surface area contributed by atoms with Gasteiger partial charge in [-0.3, -0.25) is 20.2 Å². The molecule has 1 aliphatic heterocycles. The molecule has 0 saturated carbocycles. The monoisotopic (exact) mass is 633 g/mol. The number of rotatable bonds is 0. The Labute approximate surface area is 216 Å². The van der Waals surface area contributed by atoms with Crippen molar-refractivity contribution in [3.8, 4) is 11.6 Å². The van der Waals surface area contributed by atoms with Crippen LogP contribution >= 0.6 is 0 Å². The first-order chi connectivity index (χ1) is 15.4. The molecule has 5 heterocycles. The van der Waals surface area contributed by atoms with Crippen LogP contribution in [0, 0.1) is 26.2 Å². The second-order valence-electron chi connectivity index (χ2n) is 10.6. The van der Waals surface area contributed by atoms with Crippen LogP contribution < -0.4 is 0 Å². The zero-order chi connectivity index (χ0) is 23.8. The molecule has 0 atom stereocenters. The number of hydrogen-bond acceptors (Lipinski definition) is 4. The van der Waals surface area contributed by atoms with Crippen LogP contribution in [-0.4, -0.2) is 29.5 Å².